The first kappa shape index (κ1) is 14.2. The van der Waals surface area contributed by atoms with Gasteiger partial charge in [0.2, 0.25) is 5.91 Å². The molecule has 1 fully saturated rings. The van der Waals surface area contributed by atoms with Crippen LogP contribution in [0, 0.1) is 6.92 Å². The van der Waals surface area contributed by atoms with Crippen LogP contribution < -0.4 is 5.32 Å². The molecule has 0 bridgehead atoms. The van der Waals surface area contributed by atoms with Crippen molar-refractivity contribution in [3.05, 3.63) is 17.5 Å². The molecular formula is C13H20N2O3S. The van der Waals surface area contributed by atoms with Crippen LogP contribution in [0.2, 0.25) is 0 Å². The van der Waals surface area contributed by atoms with Crippen LogP contribution in [0.15, 0.2) is 10.6 Å². The number of hydrogen-bond donors (Lipinski definition) is 1. The first-order chi connectivity index (χ1) is 9.06. The molecule has 1 saturated carbocycles. The Labute approximate surface area is 115 Å². The van der Waals surface area contributed by atoms with Gasteiger partial charge in [-0.3, -0.25) is 9.00 Å². The normalized spacial score (nSPS) is 19.3. The molecule has 106 valence electrons. The van der Waals surface area contributed by atoms with Gasteiger partial charge in [0, 0.05) is 22.9 Å². The molecule has 1 N–H and O–H groups in total. The van der Waals surface area contributed by atoms with Gasteiger partial charge in [-0.05, 0) is 26.7 Å². The summed E-state index contributed by atoms with van der Waals surface area (Å²) in [5.74, 6) is 0.830. The lowest BCUT2D eigenvalue weighted by Crippen LogP contribution is -2.40. The van der Waals surface area contributed by atoms with Gasteiger partial charge in [-0.1, -0.05) is 18.0 Å². The SMILES string of the molecule is Cc1cc(C[S@@](=O)[C@@H](C)C(=O)NC2CCCC2)no1. The summed E-state index contributed by atoms with van der Waals surface area (Å²) < 4.78 is 17.0. The Bertz CT molecular complexity index is 466. The number of nitrogens with one attached hydrogen (secondary N) is 1. The van der Waals surface area contributed by atoms with Gasteiger partial charge >= 0.3 is 0 Å². The molecule has 0 radical (unpaired) electrons. The van der Waals surface area contributed by atoms with Gasteiger partial charge in [-0.25, -0.2) is 0 Å². The first-order valence-corrected chi connectivity index (χ1v) is 8.04. The second kappa shape index (κ2) is 6.32. The Kier molecular flexibility index (Phi) is 4.74. The molecule has 2 atom stereocenters. The van der Waals surface area contributed by atoms with E-state index >= 15 is 0 Å². The summed E-state index contributed by atoms with van der Waals surface area (Å²) in [7, 11) is -1.27. The Morgan fingerprint density at radius 3 is 2.84 bits per heavy atom. The highest BCUT2D eigenvalue weighted by Gasteiger charge is 2.24. The van der Waals surface area contributed by atoms with E-state index in [1.54, 1.807) is 19.9 Å². The molecule has 19 heavy (non-hydrogen) atoms. The minimum absolute atomic E-state index is 0.120. The second-order valence-corrected chi connectivity index (χ2v) is 6.84. The molecule has 1 aromatic heterocycles. The smallest absolute Gasteiger partial charge is 0.235 e. The van der Waals surface area contributed by atoms with Gasteiger partial charge < -0.3 is 9.84 Å². The zero-order chi connectivity index (χ0) is 13.8. The van der Waals surface area contributed by atoms with E-state index in [0.717, 1.165) is 12.8 Å². The highest BCUT2D eigenvalue weighted by molar-refractivity contribution is 7.85. The third-order valence-electron chi connectivity index (χ3n) is 3.43. The fraction of sp³-hybridized carbons (Fsp3) is 0.692. The van der Waals surface area contributed by atoms with Crippen LogP contribution in [0.4, 0.5) is 0 Å². The molecule has 1 amide bonds. The molecule has 1 aliphatic carbocycles. The number of carbonyl (C=O) groups excluding carboxylic acids is 1. The summed E-state index contributed by atoms with van der Waals surface area (Å²) in [6.07, 6.45) is 4.41. The van der Waals surface area contributed by atoms with Crippen LogP contribution in [0.25, 0.3) is 0 Å². The van der Waals surface area contributed by atoms with E-state index in [2.05, 4.69) is 10.5 Å². The standard InChI is InChI=1S/C13H20N2O3S/c1-9-7-12(15-18-9)8-19(17)10(2)13(16)14-11-5-3-4-6-11/h7,10-11H,3-6,8H2,1-2H3,(H,14,16)/t10-,19+/m0/s1. The summed E-state index contributed by atoms with van der Waals surface area (Å²) in [4.78, 5) is 12.0. The van der Waals surface area contributed by atoms with Crippen molar-refractivity contribution in [1.29, 1.82) is 0 Å². The van der Waals surface area contributed by atoms with E-state index in [1.807, 2.05) is 0 Å². The number of rotatable bonds is 5. The molecular weight excluding hydrogens is 264 g/mol. The number of hydrogen-bond acceptors (Lipinski definition) is 4. The lowest BCUT2D eigenvalue weighted by molar-refractivity contribution is -0.121. The monoisotopic (exact) mass is 284 g/mol. The quantitative estimate of drug-likeness (QED) is 0.893. The van der Waals surface area contributed by atoms with Crippen molar-refractivity contribution in [2.75, 3.05) is 0 Å². The van der Waals surface area contributed by atoms with Gasteiger partial charge in [0.25, 0.3) is 0 Å². The predicted molar refractivity (Wildman–Crippen MR) is 72.9 cm³/mol. The van der Waals surface area contributed by atoms with Crippen molar-refractivity contribution < 1.29 is 13.5 Å². The maximum absolute atomic E-state index is 12.1. The van der Waals surface area contributed by atoms with Crippen LogP contribution in [0.1, 0.15) is 44.1 Å². The summed E-state index contributed by atoms with van der Waals surface area (Å²) in [5.41, 5.74) is 0.636. The molecule has 0 aliphatic heterocycles. The Hall–Kier alpha value is -1.17. The molecule has 2 rings (SSSR count). The van der Waals surface area contributed by atoms with Crippen LogP contribution in [-0.4, -0.2) is 26.6 Å². The Balaban J connectivity index is 1.85. The fourth-order valence-electron chi connectivity index (χ4n) is 2.26. The van der Waals surface area contributed by atoms with Gasteiger partial charge in [0.1, 0.15) is 11.0 Å². The van der Waals surface area contributed by atoms with Crippen LogP contribution in [0.3, 0.4) is 0 Å². The summed E-state index contributed by atoms with van der Waals surface area (Å²) in [6, 6.07) is 2.01. The molecule has 0 aromatic carbocycles. The Morgan fingerprint density at radius 2 is 2.26 bits per heavy atom. The summed E-state index contributed by atoms with van der Waals surface area (Å²) in [6.45, 7) is 3.49. The third-order valence-corrected chi connectivity index (χ3v) is 5.02. The number of aryl methyl sites for hydroxylation is 1. The van der Waals surface area contributed by atoms with E-state index in [9.17, 15) is 9.00 Å². The minimum atomic E-state index is -1.27. The number of nitrogens with zero attached hydrogens (tertiary/aromatic N) is 1. The van der Waals surface area contributed by atoms with Gasteiger partial charge in [0.15, 0.2) is 0 Å². The molecule has 1 heterocycles. The number of amides is 1. The first-order valence-electron chi connectivity index (χ1n) is 6.66. The Morgan fingerprint density at radius 1 is 1.58 bits per heavy atom. The topological polar surface area (TPSA) is 72.2 Å². The fourth-order valence-corrected chi connectivity index (χ4v) is 3.25. The van der Waals surface area contributed by atoms with Crippen molar-refractivity contribution in [2.24, 2.45) is 0 Å². The molecule has 0 unspecified atom stereocenters. The zero-order valence-corrected chi connectivity index (χ0v) is 12.2. The lowest BCUT2D eigenvalue weighted by atomic mass is 10.2. The minimum Gasteiger partial charge on any atom is -0.361 e. The average molecular weight is 284 g/mol. The highest BCUT2D eigenvalue weighted by Crippen LogP contribution is 2.18. The van der Waals surface area contributed by atoms with Gasteiger partial charge in [0.05, 0.1) is 11.4 Å². The van der Waals surface area contributed by atoms with E-state index < -0.39 is 16.0 Å². The molecule has 6 heteroatoms. The largest absolute Gasteiger partial charge is 0.361 e. The molecule has 5 nitrogen and oxygen atoms in total. The van der Waals surface area contributed by atoms with Gasteiger partial charge in [-0.15, -0.1) is 0 Å². The highest BCUT2D eigenvalue weighted by atomic mass is 32.2. The van der Waals surface area contributed by atoms with Crippen molar-refractivity contribution in [3.63, 3.8) is 0 Å². The molecule has 1 aromatic rings. The van der Waals surface area contributed by atoms with Crippen molar-refractivity contribution in [1.82, 2.24) is 10.5 Å². The van der Waals surface area contributed by atoms with E-state index in [0.29, 0.717) is 11.5 Å². The van der Waals surface area contributed by atoms with E-state index in [-0.39, 0.29) is 17.7 Å². The lowest BCUT2D eigenvalue weighted by Gasteiger charge is -2.15. The predicted octanol–water partition coefficient (Wildman–Crippen LogP) is 1.68. The van der Waals surface area contributed by atoms with Crippen LogP contribution in [0.5, 0.6) is 0 Å². The third kappa shape index (κ3) is 3.89. The molecule has 1 aliphatic rings. The van der Waals surface area contributed by atoms with Crippen LogP contribution >= 0.6 is 0 Å². The molecule has 0 spiro atoms. The van der Waals surface area contributed by atoms with Gasteiger partial charge in [-0.2, -0.15) is 0 Å². The summed E-state index contributed by atoms with van der Waals surface area (Å²) in [5, 5.41) is 6.26. The second-order valence-electron chi connectivity index (χ2n) is 5.09. The number of carbonyl (C=O) groups is 1. The maximum Gasteiger partial charge on any atom is 0.235 e. The van der Waals surface area contributed by atoms with E-state index in [1.165, 1.54) is 12.8 Å². The van der Waals surface area contributed by atoms with E-state index in [4.69, 9.17) is 4.52 Å². The number of aromatic nitrogens is 1. The zero-order valence-electron chi connectivity index (χ0n) is 11.3. The van der Waals surface area contributed by atoms with Crippen molar-refractivity contribution >= 4 is 16.7 Å². The van der Waals surface area contributed by atoms with Crippen molar-refractivity contribution in [3.8, 4) is 0 Å². The average Bonchev–Trinajstić information content (AvgIpc) is 3.00. The maximum atomic E-state index is 12.1. The summed E-state index contributed by atoms with van der Waals surface area (Å²) >= 11 is 0. The van der Waals surface area contributed by atoms with Crippen molar-refractivity contribution in [2.45, 2.75) is 56.6 Å². The van der Waals surface area contributed by atoms with Crippen LogP contribution in [-0.2, 0) is 21.3 Å². The molecule has 0 saturated heterocycles.